The summed E-state index contributed by atoms with van der Waals surface area (Å²) in [6.45, 7) is 3.55. The second-order valence-electron chi connectivity index (χ2n) is 11.0. The van der Waals surface area contributed by atoms with Crippen molar-refractivity contribution in [2.75, 3.05) is 20.3 Å². The number of nitrogens with zero attached hydrogens (tertiary/aromatic N) is 1. The molecule has 3 aromatic rings. The molecule has 2 bridgehead atoms. The van der Waals surface area contributed by atoms with E-state index >= 15 is 0 Å². The molecule has 0 saturated carbocycles. The van der Waals surface area contributed by atoms with Gasteiger partial charge in [0.15, 0.2) is 0 Å². The molecule has 1 N–H and O–H groups in total. The van der Waals surface area contributed by atoms with E-state index < -0.39 is 11.6 Å². The molecule has 1 aromatic carbocycles. The van der Waals surface area contributed by atoms with Crippen LogP contribution < -0.4 is 21.7 Å². The smallest absolute Gasteiger partial charge is 0.348 e. The van der Waals surface area contributed by atoms with Crippen molar-refractivity contribution in [3.63, 3.8) is 0 Å². The van der Waals surface area contributed by atoms with Crippen molar-refractivity contribution in [2.24, 2.45) is 0 Å². The Morgan fingerprint density at radius 1 is 1.05 bits per heavy atom. The molecule has 2 aliphatic heterocycles. The Hall–Kier alpha value is -2.24. The second kappa shape index (κ2) is 13.8. The SMILES string of the molecule is CCOC(=O)CCCOc1cccc(C[N+]2(C)[C@@H]3CC[C@H]2CC(OC(=O)C(O)(c2ccsc2)c2ccsc2)C3)c1.[Br-]. The van der Waals surface area contributed by atoms with Crippen molar-refractivity contribution < 1.29 is 50.4 Å². The van der Waals surface area contributed by atoms with E-state index in [0.717, 1.165) is 42.5 Å². The summed E-state index contributed by atoms with van der Waals surface area (Å²) < 4.78 is 17.9. The number of hydrogen-bond acceptors (Lipinski definition) is 8. The first-order valence-corrected chi connectivity index (χ1v) is 15.9. The van der Waals surface area contributed by atoms with E-state index in [1.54, 1.807) is 12.1 Å². The minimum absolute atomic E-state index is 0. The zero-order valence-corrected chi connectivity index (χ0v) is 26.7. The maximum Gasteiger partial charge on any atom is 0.348 e. The Balaban J connectivity index is 0.00000387. The third-order valence-corrected chi connectivity index (χ3v) is 9.91. The molecule has 0 spiro atoms. The first-order valence-electron chi connectivity index (χ1n) is 14.0. The number of esters is 2. The van der Waals surface area contributed by atoms with Gasteiger partial charge >= 0.3 is 11.9 Å². The van der Waals surface area contributed by atoms with E-state index in [1.165, 1.54) is 28.2 Å². The molecule has 4 atom stereocenters. The zero-order chi connectivity index (χ0) is 28.2. The molecule has 2 aromatic heterocycles. The molecule has 0 radical (unpaired) electrons. The van der Waals surface area contributed by atoms with Crippen LogP contribution in [0, 0.1) is 0 Å². The monoisotopic (exact) mass is 663 g/mol. The van der Waals surface area contributed by atoms with Crippen molar-refractivity contribution in [2.45, 2.75) is 75.8 Å². The maximum absolute atomic E-state index is 13.5. The number of thiophene rings is 2. The lowest BCUT2D eigenvalue weighted by Crippen LogP contribution is -3.00. The second-order valence-corrected chi connectivity index (χ2v) is 12.6. The third kappa shape index (κ3) is 6.88. The predicted octanol–water partition coefficient (Wildman–Crippen LogP) is 2.66. The van der Waals surface area contributed by atoms with Gasteiger partial charge in [0.05, 0.1) is 32.3 Å². The van der Waals surface area contributed by atoms with E-state index in [9.17, 15) is 14.7 Å². The molecular weight excluding hydrogens is 626 g/mol. The number of aliphatic hydroxyl groups is 1. The van der Waals surface area contributed by atoms with Gasteiger partial charge in [-0.15, -0.1) is 0 Å². The molecule has 2 aliphatic rings. The minimum Gasteiger partial charge on any atom is -1.00 e. The van der Waals surface area contributed by atoms with Crippen molar-refractivity contribution in [3.8, 4) is 5.75 Å². The summed E-state index contributed by atoms with van der Waals surface area (Å²) in [6.07, 6.45) is 4.52. The van der Waals surface area contributed by atoms with Crippen LogP contribution in [-0.4, -0.2) is 60.0 Å². The average Bonchev–Trinajstić information content (AvgIpc) is 3.69. The maximum atomic E-state index is 13.5. The van der Waals surface area contributed by atoms with E-state index in [0.29, 0.717) is 49.3 Å². The quantitative estimate of drug-likeness (QED) is 0.182. The molecule has 2 fully saturated rings. The van der Waals surface area contributed by atoms with E-state index in [1.807, 2.05) is 40.6 Å². The Morgan fingerprint density at radius 3 is 2.29 bits per heavy atom. The standard InChI is InChI=1S/C31H38NO6S2.BrH/c1-3-36-29(33)8-5-13-37-27-7-4-6-22(16-27)19-32(2)25-9-10-26(32)18-28(17-25)38-30(34)31(35,23-11-14-39-20-23)24-12-15-40-21-24;/h4,6-7,11-12,14-16,20-21,25-26,28,35H,3,5,8-10,13,17-19H2,1-2H3;1H/q+1;/p-1/t25-,26+,28?,32?;. The summed E-state index contributed by atoms with van der Waals surface area (Å²) in [5.74, 6) is 0.0346. The van der Waals surface area contributed by atoms with Crippen LogP contribution in [0.3, 0.4) is 0 Å². The van der Waals surface area contributed by atoms with Crippen molar-refractivity contribution in [1.82, 2.24) is 0 Å². The number of carbonyl (C=O) groups is 2. The molecule has 0 aliphatic carbocycles. The molecule has 0 amide bonds. The van der Waals surface area contributed by atoms with E-state index in [-0.39, 0.29) is 29.1 Å². The first kappa shape index (κ1) is 31.7. The number of hydrogen-bond donors (Lipinski definition) is 1. The largest absolute Gasteiger partial charge is 1.00 e. The van der Waals surface area contributed by atoms with Gasteiger partial charge in [0.2, 0.25) is 5.60 Å². The number of quaternary nitrogens is 1. The van der Waals surface area contributed by atoms with Gasteiger partial charge in [0.1, 0.15) is 18.4 Å². The Labute approximate surface area is 260 Å². The topological polar surface area (TPSA) is 82.1 Å². The predicted molar refractivity (Wildman–Crippen MR) is 155 cm³/mol. The summed E-state index contributed by atoms with van der Waals surface area (Å²) in [5, 5.41) is 19.0. The fourth-order valence-electron chi connectivity index (χ4n) is 6.39. The van der Waals surface area contributed by atoms with Gasteiger partial charge in [-0.25, -0.2) is 4.79 Å². The van der Waals surface area contributed by atoms with Crippen LogP contribution in [-0.2, 0) is 31.2 Å². The number of piperidine rings is 1. The highest BCUT2D eigenvalue weighted by Gasteiger charge is 2.53. The summed E-state index contributed by atoms with van der Waals surface area (Å²) in [7, 11) is 2.32. The molecule has 41 heavy (non-hydrogen) atoms. The summed E-state index contributed by atoms with van der Waals surface area (Å²) in [5.41, 5.74) is 0.541. The van der Waals surface area contributed by atoms with Gasteiger partial charge in [-0.1, -0.05) is 12.1 Å². The van der Waals surface area contributed by atoms with Crippen LogP contribution in [0.1, 0.15) is 62.1 Å². The lowest BCUT2D eigenvalue weighted by atomic mass is 9.89. The van der Waals surface area contributed by atoms with Crippen LogP contribution in [0.5, 0.6) is 5.75 Å². The molecule has 7 nitrogen and oxygen atoms in total. The lowest BCUT2D eigenvalue weighted by molar-refractivity contribution is -0.961. The molecular formula is C31H38BrNO6S2. The summed E-state index contributed by atoms with van der Waals surface area (Å²) in [4.78, 5) is 25.1. The molecule has 2 unspecified atom stereocenters. The molecule has 4 heterocycles. The van der Waals surface area contributed by atoms with E-state index in [2.05, 4.69) is 19.2 Å². The van der Waals surface area contributed by atoms with Gasteiger partial charge in [-0.2, -0.15) is 22.7 Å². The number of rotatable bonds is 12. The van der Waals surface area contributed by atoms with Crippen molar-refractivity contribution >= 4 is 34.6 Å². The number of fused-ring (bicyclic) bond motifs is 2. The molecule has 5 rings (SSSR count). The zero-order valence-electron chi connectivity index (χ0n) is 23.5. The van der Waals surface area contributed by atoms with Gasteiger partial charge < -0.3 is 40.8 Å². The number of ether oxygens (including phenoxy) is 3. The van der Waals surface area contributed by atoms with Gasteiger partial charge in [-0.05, 0) is 59.1 Å². The third-order valence-electron chi connectivity index (χ3n) is 8.54. The Bertz CT molecular complexity index is 1230. The highest BCUT2D eigenvalue weighted by Crippen LogP contribution is 2.44. The van der Waals surface area contributed by atoms with Gasteiger partial charge in [0, 0.05) is 48.8 Å². The highest BCUT2D eigenvalue weighted by atomic mass is 79.9. The van der Waals surface area contributed by atoms with Crippen LogP contribution in [0.2, 0.25) is 0 Å². The fourth-order valence-corrected chi connectivity index (χ4v) is 7.79. The molecule has 222 valence electrons. The van der Waals surface area contributed by atoms with Crippen molar-refractivity contribution in [1.29, 1.82) is 0 Å². The van der Waals surface area contributed by atoms with Crippen molar-refractivity contribution in [3.05, 3.63) is 74.6 Å². The summed E-state index contributed by atoms with van der Waals surface area (Å²) >= 11 is 2.91. The van der Waals surface area contributed by atoms with Gasteiger partial charge in [0.25, 0.3) is 0 Å². The first-order chi connectivity index (χ1) is 19.3. The normalized spacial score (nSPS) is 23.4. The lowest BCUT2D eigenvalue weighted by Gasteiger charge is -2.47. The fraction of sp³-hybridized carbons (Fsp3) is 0.484. The molecule has 2 saturated heterocycles. The van der Waals surface area contributed by atoms with Gasteiger partial charge in [-0.3, -0.25) is 4.79 Å². The van der Waals surface area contributed by atoms with Crippen LogP contribution in [0.15, 0.2) is 57.9 Å². The van der Waals surface area contributed by atoms with E-state index in [4.69, 9.17) is 14.2 Å². The number of carbonyl (C=O) groups excluding carboxylic acids is 2. The summed E-state index contributed by atoms with van der Waals surface area (Å²) in [6, 6.07) is 12.6. The molecule has 10 heteroatoms. The Morgan fingerprint density at radius 2 is 1.71 bits per heavy atom. The minimum atomic E-state index is -1.79. The van der Waals surface area contributed by atoms with Crippen LogP contribution >= 0.6 is 22.7 Å². The number of benzene rings is 1. The Kier molecular flexibility index (Phi) is 10.7. The highest BCUT2D eigenvalue weighted by molar-refractivity contribution is 7.08. The average molecular weight is 665 g/mol. The van der Waals surface area contributed by atoms with Crippen LogP contribution in [0.4, 0.5) is 0 Å². The number of halogens is 1. The van der Waals surface area contributed by atoms with Crippen LogP contribution in [0.25, 0.3) is 0 Å².